The zero-order valence-electron chi connectivity index (χ0n) is 18.4. The van der Waals surface area contributed by atoms with Crippen LogP contribution in [-0.4, -0.2) is 39.3 Å². The van der Waals surface area contributed by atoms with E-state index in [1.54, 1.807) is 32.3 Å². The SMILES string of the molecule is CCS(=O)(=O)Cc1cccc(Cc2c(CBr)c3ccc(OC(=O)N(C)C)cc3oc2=O)c1F. The lowest BCUT2D eigenvalue weighted by Gasteiger charge is -2.13. The lowest BCUT2D eigenvalue weighted by molar-refractivity contribution is 0.172. The van der Waals surface area contributed by atoms with Crippen LogP contribution in [0.4, 0.5) is 9.18 Å². The van der Waals surface area contributed by atoms with Crippen molar-refractivity contribution in [1.82, 2.24) is 4.90 Å². The average Bonchev–Trinajstić information content (AvgIpc) is 2.76. The number of sulfone groups is 1. The van der Waals surface area contributed by atoms with Crippen LogP contribution in [0.15, 0.2) is 45.6 Å². The smallest absolute Gasteiger partial charge is 0.414 e. The van der Waals surface area contributed by atoms with Gasteiger partial charge >= 0.3 is 11.7 Å². The number of carbonyl (C=O) groups is 1. The van der Waals surface area contributed by atoms with Gasteiger partial charge in [0.05, 0.1) is 5.75 Å². The molecule has 0 bridgehead atoms. The molecule has 0 N–H and O–H groups in total. The van der Waals surface area contributed by atoms with Crippen LogP contribution in [-0.2, 0) is 27.3 Å². The van der Waals surface area contributed by atoms with E-state index in [-0.39, 0.29) is 40.2 Å². The highest BCUT2D eigenvalue weighted by molar-refractivity contribution is 9.08. The number of ether oxygens (including phenoxy) is 1. The number of alkyl halides is 1. The molecule has 0 saturated heterocycles. The number of hydrogen-bond acceptors (Lipinski definition) is 6. The molecule has 0 atom stereocenters. The van der Waals surface area contributed by atoms with Gasteiger partial charge in [-0.25, -0.2) is 22.4 Å². The fourth-order valence-corrected chi connectivity index (χ4v) is 4.82. The lowest BCUT2D eigenvalue weighted by Crippen LogP contribution is -2.25. The van der Waals surface area contributed by atoms with Gasteiger partial charge in [0.1, 0.15) is 17.1 Å². The van der Waals surface area contributed by atoms with Crippen LogP contribution < -0.4 is 10.4 Å². The fourth-order valence-electron chi connectivity index (χ4n) is 3.28. The highest BCUT2D eigenvalue weighted by Gasteiger charge is 2.20. The number of fused-ring (bicyclic) bond motifs is 1. The summed E-state index contributed by atoms with van der Waals surface area (Å²) in [6.07, 6.45) is -0.642. The third kappa shape index (κ3) is 5.62. The van der Waals surface area contributed by atoms with Crippen LogP contribution in [0.5, 0.6) is 5.75 Å². The van der Waals surface area contributed by atoms with Gasteiger partial charge in [-0.2, -0.15) is 0 Å². The van der Waals surface area contributed by atoms with E-state index in [1.165, 1.54) is 30.0 Å². The molecule has 33 heavy (non-hydrogen) atoms. The van der Waals surface area contributed by atoms with Crippen LogP contribution in [0.3, 0.4) is 0 Å². The van der Waals surface area contributed by atoms with Crippen molar-refractivity contribution in [2.75, 3.05) is 19.8 Å². The summed E-state index contributed by atoms with van der Waals surface area (Å²) in [5.41, 5.74) is 0.700. The van der Waals surface area contributed by atoms with Crippen molar-refractivity contribution in [2.24, 2.45) is 0 Å². The highest BCUT2D eigenvalue weighted by Crippen LogP contribution is 2.28. The van der Waals surface area contributed by atoms with Gasteiger partial charge in [0, 0.05) is 54.2 Å². The molecule has 1 amide bonds. The summed E-state index contributed by atoms with van der Waals surface area (Å²) in [6.45, 7) is 1.51. The minimum absolute atomic E-state index is 0.0623. The molecule has 0 aliphatic rings. The number of carbonyl (C=O) groups excluding carboxylic acids is 1. The first-order valence-corrected chi connectivity index (χ1v) is 13.0. The summed E-state index contributed by atoms with van der Waals surface area (Å²) in [6, 6.07) is 9.21. The summed E-state index contributed by atoms with van der Waals surface area (Å²) < 4.78 is 49.7. The van der Waals surface area contributed by atoms with E-state index in [2.05, 4.69) is 15.9 Å². The summed E-state index contributed by atoms with van der Waals surface area (Å²) >= 11 is 3.39. The van der Waals surface area contributed by atoms with E-state index in [1.807, 2.05) is 0 Å². The van der Waals surface area contributed by atoms with Crippen LogP contribution in [0.2, 0.25) is 0 Å². The molecule has 0 spiro atoms. The minimum atomic E-state index is -3.42. The lowest BCUT2D eigenvalue weighted by atomic mass is 9.98. The predicted octanol–water partition coefficient (Wildman–Crippen LogP) is 4.41. The molecule has 0 aliphatic carbocycles. The predicted molar refractivity (Wildman–Crippen MR) is 127 cm³/mol. The van der Waals surface area contributed by atoms with Gasteiger partial charge in [0.2, 0.25) is 0 Å². The van der Waals surface area contributed by atoms with Crippen molar-refractivity contribution in [1.29, 1.82) is 0 Å². The largest absolute Gasteiger partial charge is 0.422 e. The summed E-state index contributed by atoms with van der Waals surface area (Å²) in [5.74, 6) is -0.936. The first kappa shape index (κ1) is 24.9. The molecule has 0 saturated carbocycles. The second-order valence-electron chi connectivity index (χ2n) is 7.64. The van der Waals surface area contributed by atoms with E-state index in [0.717, 1.165) is 0 Å². The molecule has 0 aliphatic heterocycles. The second-order valence-corrected chi connectivity index (χ2v) is 10.6. The molecule has 0 radical (unpaired) electrons. The van der Waals surface area contributed by atoms with Crippen LogP contribution >= 0.6 is 15.9 Å². The average molecular weight is 540 g/mol. The maximum absolute atomic E-state index is 15.1. The Balaban J connectivity index is 2.03. The molecule has 3 aromatic rings. The highest BCUT2D eigenvalue weighted by atomic mass is 79.9. The van der Waals surface area contributed by atoms with E-state index >= 15 is 4.39 Å². The first-order valence-electron chi connectivity index (χ1n) is 10.1. The van der Waals surface area contributed by atoms with E-state index in [0.29, 0.717) is 16.3 Å². The molecule has 1 heterocycles. The molecule has 0 fully saturated rings. The maximum Gasteiger partial charge on any atom is 0.414 e. The Bertz CT molecular complexity index is 1370. The topological polar surface area (TPSA) is 93.9 Å². The molecular formula is C23H23BrFNO6S. The standard InChI is InChI=1S/C23H23BrFNO6S/c1-4-33(29,30)13-15-7-5-6-14(21(15)25)10-18-19(12-24)17-9-8-16(31-23(28)26(2)3)11-20(17)32-22(18)27/h5-9,11H,4,10,12-13H2,1-3H3. The Hall–Kier alpha value is -2.72. The van der Waals surface area contributed by atoms with Crippen molar-refractivity contribution >= 4 is 42.8 Å². The van der Waals surface area contributed by atoms with E-state index < -0.39 is 33.1 Å². The zero-order chi connectivity index (χ0) is 24.3. The Morgan fingerprint density at radius 1 is 1.15 bits per heavy atom. The second kappa shape index (κ2) is 10.0. The third-order valence-corrected chi connectivity index (χ3v) is 7.33. The number of amides is 1. The number of hydrogen-bond donors (Lipinski definition) is 0. The Morgan fingerprint density at radius 3 is 2.48 bits per heavy atom. The van der Waals surface area contributed by atoms with Crippen molar-refractivity contribution in [3.63, 3.8) is 0 Å². The Kier molecular flexibility index (Phi) is 7.58. The molecule has 0 unspecified atom stereocenters. The van der Waals surface area contributed by atoms with Crippen LogP contribution in [0.1, 0.15) is 29.2 Å². The molecule has 3 rings (SSSR count). The van der Waals surface area contributed by atoms with Gasteiger partial charge in [0.25, 0.3) is 0 Å². The first-order chi connectivity index (χ1) is 15.6. The van der Waals surface area contributed by atoms with Gasteiger partial charge in [-0.3, -0.25) is 0 Å². The van der Waals surface area contributed by atoms with Crippen LogP contribution in [0.25, 0.3) is 11.0 Å². The molecule has 176 valence electrons. The molecule has 7 nitrogen and oxygen atoms in total. The minimum Gasteiger partial charge on any atom is -0.422 e. The number of rotatable bonds is 7. The Labute approximate surface area is 199 Å². The zero-order valence-corrected chi connectivity index (χ0v) is 20.8. The number of halogens is 2. The molecule has 10 heteroatoms. The fraction of sp³-hybridized carbons (Fsp3) is 0.304. The summed E-state index contributed by atoms with van der Waals surface area (Å²) in [4.78, 5) is 25.9. The molecule has 1 aromatic heterocycles. The normalized spacial score (nSPS) is 11.5. The maximum atomic E-state index is 15.1. The summed E-state index contributed by atoms with van der Waals surface area (Å²) in [7, 11) is -0.327. The van der Waals surface area contributed by atoms with E-state index in [9.17, 15) is 18.0 Å². The van der Waals surface area contributed by atoms with Crippen molar-refractivity contribution < 1.29 is 26.8 Å². The van der Waals surface area contributed by atoms with Gasteiger partial charge in [0.15, 0.2) is 9.84 Å². The number of nitrogens with zero attached hydrogens (tertiary/aromatic N) is 1. The molecular weight excluding hydrogens is 517 g/mol. The van der Waals surface area contributed by atoms with Crippen molar-refractivity contribution in [3.8, 4) is 5.75 Å². The van der Waals surface area contributed by atoms with Crippen molar-refractivity contribution in [3.05, 3.63) is 74.9 Å². The Morgan fingerprint density at radius 2 is 1.85 bits per heavy atom. The van der Waals surface area contributed by atoms with Gasteiger partial charge < -0.3 is 14.1 Å². The summed E-state index contributed by atoms with van der Waals surface area (Å²) in [5, 5.41) is 0.906. The van der Waals surface area contributed by atoms with Gasteiger partial charge in [-0.1, -0.05) is 41.1 Å². The number of benzene rings is 2. The van der Waals surface area contributed by atoms with Gasteiger partial charge in [-0.15, -0.1) is 0 Å². The quantitative estimate of drug-likeness (QED) is 0.326. The van der Waals surface area contributed by atoms with Crippen LogP contribution in [0, 0.1) is 5.82 Å². The van der Waals surface area contributed by atoms with E-state index in [4.69, 9.17) is 9.15 Å². The monoisotopic (exact) mass is 539 g/mol. The molecule has 2 aromatic carbocycles. The van der Waals surface area contributed by atoms with Gasteiger partial charge in [-0.05, 0) is 23.3 Å². The third-order valence-electron chi connectivity index (χ3n) is 5.14. The van der Waals surface area contributed by atoms with Crippen molar-refractivity contribution in [2.45, 2.75) is 24.4 Å².